The highest BCUT2D eigenvalue weighted by molar-refractivity contribution is 6.02. The maximum atomic E-state index is 12.8. The zero-order valence-electron chi connectivity index (χ0n) is 18.2. The van der Waals surface area contributed by atoms with E-state index in [-0.39, 0.29) is 17.5 Å². The number of ether oxygens (including phenoxy) is 2. The highest BCUT2D eigenvalue weighted by Gasteiger charge is 2.21. The van der Waals surface area contributed by atoms with E-state index in [0.717, 1.165) is 36.9 Å². The number of hydrogen-bond acceptors (Lipinski definition) is 5. The Balaban J connectivity index is 1.55. The first-order valence-corrected chi connectivity index (χ1v) is 11.2. The minimum absolute atomic E-state index is 0.0632. The van der Waals surface area contributed by atoms with E-state index in [2.05, 4.69) is 11.4 Å². The summed E-state index contributed by atoms with van der Waals surface area (Å²) in [6, 6.07) is 17.6. The number of amides is 1. The Hall–Kier alpha value is -4.05. The van der Waals surface area contributed by atoms with Crippen LogP contribution < -0.4 is 14.8 Å². The standard InChI is InChI=1S/C26H24N4O3/c27-16-19(26(31)28-21-6-4-5-7-21)14-20-17-30(22-8-2-1-3-9-22)29-25(20)18-10-11-23-24(15-18)33-13-12-32-23/h1-3,8-11,14-15,17,21H,4-7,12-13H2,(H,28,31)/b19-14+. The van der Waals surface area contributed by atoms with Gasteiger partial charge >= 0.3 is 0 Å². The smallest absolute Gasteiger partial charge is 0.262 e. The van der Waals surface area contributed by atoms with Crippen molar-refractivity contribution in [2.75, 3.05) is 13.2 Å². The molecule has 7 nitrogen and oxygen atoms in total. The molecule has 0 atom stereocenters. The van der Waals surface area contributed by atoms with Crippen molar-refractivity contribution in [1.82, 2.24) is 15.1 Å². The van der Waals surface area contributed by atoms with Gasteiger partial charge in [-0.25, -0.2) is 4.68 Å². The fraction of sp³-hybridized carbons (Fsp3) is 0.269. The molecule has 0 spiro atoms. The summed E-state index contributed by atoms with van der Waals surface area (Å²) in [7, 11) is 0. The van der Waals surface area contributed by atoms with Gasteiger partial charge in [0.25, 0.3) is 5.91 Å². The molecule has 1 aliphatic heterocycles. The molecule has 1 saturated carbocycles. The van der Waals surface area contributed by atoms with Crippen LogP contribution in [0.15, 0.2) is 60.3 Å². The third kappa shape index (κ3) is 4.46. The van der Waals surface area contributed by atoms with Crippen molar-refractivity contribution >= 4 is 12.0 Å². The third-order valence-corrected chi connectivity index (χ3v) is 5.93. The molecule has 0 bridgehead atoms. The quantitative estimate of drug-likeness (QED) is 0.473. The van der Waals surface area contributed by atoms with Crippen LogP contribution in [0.5, 0.6) is 11.5 Å². The second-order valence-electron chi connectivity index (χ2n) is 8.20. The molecule has 166 valence electrons. The summed E-state index contributed by atoms with van der Waals surface area (Å²) in [4.78, 5) is 12.8. The van der Waals surface area contributed by atoms with Crippen molar-refractivity contribution in [3.05, 3.63) is 65.9 Å². The largest absolute Gasteiger partial charge is 0.486 e. The SMILES string of the molecule is N#C/C(=C\c1cn(-c2ccccc2)nc1-c1ccc2c(c1)OCCO2)C(=O)NC1CCCC1. The van der Waals surface area contributed by atoms with Crippen LogP contribution in [0, 0.1) is 11.3 Å². The lowest BCUT2D eigenvalue weighted by atomic mass is 10.0. The van der Waals surface area contributed by atoms with Gasteiger partial charge in [-0.15, -0.1) is 0 Å². The minimum Gasteiger partial charge on any atom is -0.486 e. The molecule has 3 aromatic rings. The highest BCUT2D eigenvalue weighted by atomic mass is 16.6. The maximum Gasteiger partial charge on any atom is 0.262 e. The van der Waals surface area contributed by atoms with Crippen LogP contribution in [0.4, 0.5) is 0 Å². The average Bonchev–Trinajstić information content (AvgIpc) is 3.53. The van der Waals surface area contributed by atoms with Gasteiger partial charge in [0.2, 0.25) is 0 Å². The van der Waals surface area contributed by atoms with Crippen LogP contribution in [0.3, 0.4) is 0 Å². The number of rotatable bonds is 5. The van der Waals surface area contributed by atoms with E-state index >= 15 is 0 Å². The van der Waals surface area contributed by atoms with E-state index in [1.807, 2.05) is 54.7 Å². The van der Waals surface area contributed by atoms with Gasteiger partial charge in [-0.05, 0) is 49.2 Å². The molecule has 5 rings (SSSR count). The van der Waals surface area contributed by atoms with Crippen molar-refractivity contribution in [1.29, 1.82) is 5.26 Å². The monoisotopic (exact) mass is 440 g/mol. The second kappa shape index (κ2) is 9.21. The van der Waals surface area contributed by atoms with E-state index in [1.54, 1.807) is 10.8 Å². The molecule has 1 fully saturated rings. The lowest BCUT2D eigenvalue weighted by Gasteiger charge is -2.18. The minimum atomic E-state index is -0.343. The van der Waals surface area contributed by atoms with Crippen LogP contribution in [-0.4, -0.2) is 34.9 Å². The normalized spacial score (nSPS) is 15.8. The first kappa shape index (κ1) is 20.8. The van der Waals surface area contributed by atoms with Crippen LogP contribution in [0.1, 0.15) is 31.2 Å². The number of aromatic nitrogens is 2. The van der Waals surface area contributed by atoms with Crippen molar-refractivity contribution < 1.29 is 14.3 Å². The van der Waals surface area contributed by atoms with Gasteiger partial charge < -0.3 is 14.8 Å². The van der Waals surface area contributed by atoms with E-state index in [1.165, 1.54) is 0 Å². The predicted molar refractivity (Wildman–Crippen MR) is 124 cm³/mol. The Bertz CT molecular complexity index is 1230. The molecule has 1 aromatic heterocycles. The average molecular weight is 441 g/mol. The lowest BCUT2D eigenvalue weighted by Crippen LogP contribution is -2.33. The summed E-state index contributed by atoms with van der Waals surface area (Å²) < 4.78 is 13.1. The lowest BCUT2D eigenvalue weighted by molar-refractivity contribution is -0.117. The number of carbonyl (C=O) groups is 1. The molecule has 2 aliphatic rings. The van der Waals surface area contributed by atoms with Crippen molar-refractivity contribution in [2.24, 2.45) is 0 Å². The Morgan fingerprint density at radius 1 is 1.09 bits per heavy atom. The van der Waals surface area contributed by atoms with Gasteiger partial charge in [-0.1, -0.05) is 31.0 Å². The van der Waals surface area contributed by atoms with Gasteiger partial charge in [0.05, 0.1) is 5.69 Å². The van der Waals surface area contributed by atoms with E-state index in [4.69, 9.17) is 14.6 Å². The van der Waals surface area contributed by atoms with Crippen LogP contribution in [0.2, 0.25) is 0 Å². The fourth-order valence-electron chi connectivity index (χ4n) is 4.26. The summed E-state index contributed by atoms with van der Waals surface area (Å²) in [5.74, 6) is 1.01. The zero-order chi connectivity index (χ0) is 22.6. The fourth-order valence-corrected chi connectivity index (χ4v) is 4.26. The highest BCUT2D eigenvalue weighted by Crippen LogP contribution is 2.36. The predicted octanol–water partition coefficient (Wildman–Crippen LogP) is 4.28. The van der Waals surface area contributed by atoms with Gasteiger partial charge in [0.1, 0.15) is 30.6 Å². The Morgan fingerprint density at radius 2 is 1.85 bits per heavy atom. The molecule has 2 aromatic carbocycles. The topological polar surface area (TPSA) is 89.2 Å². The molecule has 1 amide bonds. The Labute approximate surface area is 192 Å². The van der Waals surface area contributed by atoms with Crippen molar-refractivity contribution in [2.45, 2.75) is 31.7 Å². The van der Waals surface area contributed by atoms with Gasteiger partial charge in [-0.3, -0.25) is 4.79 Å². The first-order valence-electron chi connectivity index (χ1n) is 11.2. The summed E-state index contributed by atoms with van der Waals surface area (Å²) >= 11 is 0. The van der Waals surface area contributed by atoms with E-state index in [9.17, 15) is 10.1 Å². The molecular weight excluding hydrogens is 416 g/mol. The second-order valence-corrected chi connectivity index (χ2v) is 8.20. The molecule has 7 heteroatoms. The Morgan fingerprint density at radius 3 is 2.61 bits per heavy atom. The summed E-state index contributed by atoms with van der Waals surface area (Å²) in [6.07, 6.45) is 7.57. The Kier molecular flexibility index (Phi) is 5.81. The number of nitrogens with one attached hydrogen (secondary N) is 1. The van der Waals surface area contributed by atoms with Gasteiger partial charge in [0.15, 0.2) is 11.5 Å². The van der Waals surface area contributed by atoms with Crippen LogP contribution in [0.25, 0.3) is 23.0 Å². The number of nitrogens with zero attached hydrogens (tertiary/aromatic N) is 3. The molecule has 2 heterocycles. The van der Waals surface area contributed by atoms with E-state index in [0.29, 0.717) is 36.0 Å². The molecule has 1 N–H and O–H groups in total. The van der Waals surface area contributed by atoms with Gasteiger partial charge in [-0.2, -0.15) is 10.4 Å². The molecule has 0 unspecified atom stereocenters. The number of benzene rings is 2. The zero-order valence-corrected chi connectivity index (χ0v) is 18.2. The number of hydrogen-bond donors (Lipinski definition) is 1. The number of nitriles is 1. The molecule has 33 heavy (non-hydrogen) atoms. The summed E-state index contributed by atoms with van der Waals surface area (Å²) in [5.41, 5.74) is 3.08. The number of para-hydroxylation sites is 1. The molecule has 0 radical (unpaired) electrons. The van der Waals surface area contributed by atoms with Crippen LogP contribution >= 0.6 is 0 Å². The van der Waals surface area contributed by atoms with Crippen molar-refractivity contribution in [3.63, 3.8) is 0 Å². The van der Waals surface area contributed by atoms with Crippen LogP contribution in [-0.2, 0) is 4.79 Å². The third-order valence-electron chi connectivity index (χ3n) is 5.93. The van der Waals surface area contributed by atoms with Crippen molar-refractivity contribution in [3.8, 4) is 34.5 Å². The summed E-state index contributed by atoms with van der Waals surface area (Å²) in [6.45, 7) is 1.01. The van der Waals surface area contributed by atoms with E-state index < -0.39 is 0 Å². The first-order chi connectivity index (χ1) is 16.2. The summed E-state index contributed by atoms with van der Waals surface area (Å²) in [5, 5.41) is 17.5. The number of carbonyl (C=O) groups excluding carboxylic acids is 1. The molecule has 1 aliphatic carbocycles. The van der Waals surface area contributed by atoms with Gasteiger partial charge in [0, 0.05) is 23.4 Å². The molecular formula is C26H24N4O3. The molecule has 0 saturated heterocycles. The number of fused-ring (bicyclic) bond motifs is 1. The maximum absolute atomic E-state index is 12.8.